The van der Waals surface area contributed by atoms with Crippen LogP contribution in [0.4, 0.5) is 0 Å². The third-order valence-electron chi connectivity index (χ3n) is 2.23. The zero-order valence-electron chi connectivity index (χ0n) is 7.59. The van der Waals surface area contributed by atoms with Crippen LogP contribution < -0.4 is 5.32 Å². The number of hydrogen-bond donors (Lipinski definition) is 1. The fourth-order valence-corrected chi connectivity index (χ4v) is 1.87. The van der Waals surface area contributed by atoms with Gasteiger partial charge in [-0.15, -0.1) is 0 Å². The average Bonchev–Trinajstić information content (AvgIpc) is 2.08. The molecule has 76 valence electrons. The van der Waals surface area contributed by atoms with Gasteiger partial charge < -0.3 is 10.1 Å². The van der Waals surface area contributed by atoms with E-state index >= 15 is 0 Å². The van der Waals surface area contributed by atoms with Crippen molar-refractivity contribution in [3.05, 3.63) is 33.3 Å². The Kier molecular flexibility index (Phi) is 3.44. The molecule has 4 heteroatoms. The van der Waals surface area contributed by atoms with E-state index < -0.39 is 0 Å². The van der Waals surface area contributed by atoms with Gasteiger partial charge >= 0.3 is 0 Å². The standard InChI is InChI=1S/C10H11BrClNO/c11-10-2-1-8(12)3-7(10)4-13-9-5-14-6-9/h1-3,9,13H,4-6H2. The van der Waals surface area contributed by atoms with Crippen LogP contribution in [0.3, 0.4) is 0 Å². The first-order chi connectivity index (χ1) is 6.75. The monoisotopic (exact) mass is 275 g/mol. The van der Waals surface area contributed by atoms with Crippen molar-refractivity contribution in [2.24, 2.45) is 0 Å². The molecule has 1 aliphatic rings. The lowest BCUT2D eigenvalue weighted by molar-refractivity contribution is -0.00580. The summed E-state index contributed by atoms with van der Waals surface area (Å²) in [5.74, 6) is 0. The van der Waals surface area contributed by atoms with Crippen molar-refractivity contribution in [2.75, 3.05) is 13.2 Å². The SMILES string of the molecule is Clc1ccc(Br)c(CNC2COC2)c1. The van der Waals surface area contributed by atoms with Crippen LogP contribution in [-0.4, -0.2) is 19.3 Å². The van der Waals surface area contributed by atoms with Crippen LogP contribution in [0.25, 0.3) is 0 Å². The molecule has 0 atom stereocenters. The summed E-state index contributed by atoms with van der Waals surface area (Å²) >= 11 is 9.40. The van der Waals surface area contributed by atoms with E-state index in [0.29, 0.717) is 6.04 Å². The van der Waals surface area contributed by atoms with Crippen LogP contribution in [0.15, 0.2) is 22.7 Å². The molecule has 14 heavy (non-hydrogen) atoms. The molecule has 2 rings (SSSR count). The maximum atomic E-state index is 5.91. The molecule has 1 N–H and O–H groups in total. The first-order valence-corrected chi connectivity index (χ1v) is 5.68. The molecule has 0 bridgehead atoms. The Morgan fingerprint density at radius 2 is 2.29 bits per heavy atom. The summed E-state index contributed by atoms with van der Waals surface area (Å²) in [6.07, 6.45) is 0. The zero-order valence-corrected chi connectivity index (χ0v) is 9.94. The molecule has 1 saturated heterocycles. The molecule has 1 aromatic rings. The summed E-state index contributed by atoms with van der Waals surface area (Å²) in [7, 11) is 0. The maximum Gasteiger partial charge on any atom is 0.0643 e. The molecule has 0 unspecified atom stereocenters. The van der Waals surface area contributed by atoms with Crippen molar-refractivity contribution < 1.29 is 4.74 Å². The summed E-state index contributed by atoms with van der Waals surface area (Å²) in [5, 5.41) is 4.16. The van der Waals surface area contributed by atoms with Crippen LogP contribution in [0.2, 0.25) is 5.02 Å². The predicted octanol–water partition coefficient (Wildman–Crippen LogP) is 2.59. The summed E-state index contributed by atoms with van der Waals surface area (Å²) in [6.45, 7) is 2.46. The molecule has 0 saturated carbocycles. The molecule has 0 amide bonds. The summed E-state index contributed by atoms with van der Waals surface area (Å²) in [4.78, 5) is 0. The Hall–Kier alpha value is -0.0900. The second-order valence-electron chi connectivity index (χ2n) is 3.35. The van der Waals surface area contributed by atoms with Crippen LogP contribution in [0.5, 0.6) is 0 Å². The van der Waals surface area contributed by atoms with E-state index in [9.17, 15) is 0 Å². The number of rotatable bonds is 3. The Morgan fingerprint density at radius 1 is 1.50 bits per heavy atom. The van der Waals surface area contributed by atoms with Gasteiger partial charge in [-0.05, 0) is 23.8 Å². The predicted molar refractivity (Wildman–Crippen MR) is 60.6 cm³/mol. The minimum absolute atomic E-state index is 0.501. The van der Waals surface area contributed by atoms with Crippen LogP contribution in [0, 0.1) is 0 Å². The minimum atomic E-state index is 0.501. The van der Waals surface area contributed by atoms with Gasteiger partial charge in [-0.3, -0.25) is 0 Å². The molecule has 1 heterocycles. The second kappa shape index (κ2) is 4.62. The quantitative estimate of drug-likeness (QED) is 0.916. The molecule has 1 fully saturated rings. The van der Waals surface area contributed by atoms with Crippen molar-refractivity contribution >= 4 is 27.5 Å². The van der Waals surface area contributed by atoms with Crippen LogP contribution in [0.1, 0.15) is 5.56 Å². The molecule has 2 nitrogen and oxygen atoms in total. The van der Waals surface area contributed by atoms with Crippen molar-refractivity contribution in [3.63, 3.8) is 0 Å². The molecule has 1 aliphatic heterocycles. The van der Waals surface area contributed by atoms with Crippen molar-refractivity contribution in [1.82, 2.24) is 5.32 Å². The van der Waals surface area contributed by atoms with Crippen molar-refractivity contribution in [3.8, 4) is 0 Å². The van der Waals surface area contributed by atoms with E-state index in [2.05, 4.69) is 21.2 Å². The van der Waals surface area contributed by atoms with Gasteiger partial charge in [0.05, 0.1) is 19.3 Å². The van der Waals surface area contributed by atoms with Gasteiger partial charge in [0, 0.05) is 16.0 Å². The van der Waals surface area contributed by atoms with Crippen LogP contribution >= 0.6 is 27.5 Å². The highest BCUT2D eigenvalue weighted by molar-refractivity contribution is 9.10. The number of benzene rings is 1. The van der Waals surface area contributed by atoms with Gasteiger partial charge in [0.2, 0.25) is 0 Å². The lowest BCUT2D eigenvalue weighted by atomic mass is 10.2. The first-order valence-electron chi connectivity index (χ1n) is 4.51. The Balaban J connectivity index is 1.96. The Labute approximate surface area is 96.7 Å². The van der Waals surface area contributed by atoms with Gasteiger partial charge in [0.25, 0.3) is 0 Å². The van der Waals surface area contributed by atoms with Gasteiger partial charge in [0.1, 0.15) is 0 Å². The second-order valence-corrected chi connectivity index (χ2v) is 4.64. The van der Waals surface area contributed by atoms with Crippen molar-refractivity contribution in [2.45, 2.75) is 12.6 Å². The van der Waals surface area contributed by atoms with E-state index in [1.165, 1.54) is 5.56 Å². The molecule has 0 aliphatic carbocycles. The summed E-state index contributed by atoms with van der Waals surface area (Å²) < 4.78 is 6.17. The highest BCUT2D eigenvalue weighted by atomic mass is 79.9. The molecule has 0 spiro atoms. The molecular formula is C10H11BrClNO. The van der Waals surface area contributed by atoms with E-state index in [4.69, 9.17) is 16.3 Å². The molecule has 0 radical (unpaired) electrons. The fraction of sp³-hybridized carbons (Fsp3) is 0.400. The summed E-state index contributed by atoms with van der Waals surface area (Å²) in [5.41, 5.74) is 1.18. The fourth-order valence-electron chi connectivity index (χ4n) is 1.29. The normalized spacial score (nSPS) is 16.7. The topological polar surface area (TPSA) is 21.3 Å². The maximum absolute atomic E-state index is 5.91. The number of nitrogens with one attached hydrogen (secondary N) is 1. The third-order valence-corrected chi connectivity index (χ3v) is 3.24. The highest BCUT2D eigenvalue weighted by Crippen LogP contribution is 2.21. The van der Waals surface area contributed by atoms with E-state index in [-0.39, 0.29) is 0 Å². The first kappa shape index (κ1) is 10.4. The number of ether oxygens (including phenoxy) is 1. The summed E-state index contributed by atoms with van der Waals surface area (Å²) in [6, 6.07) is 6.32. The van der Waals surface area contributed by atoms with Gasteiger partial charge in [0.15, 0.2) is 0 Å². The smallest absolute Gasteiger partial charge is 0.0643 e. The lowest BCUT2D eigenvalue weighted by Crippen LogP contribution is -2.45. The molecular weight excluding hydrogens is 265 g/mol. The lowest BCUT2D eigenvalue weighted by Gasteiger charge is -2.27. The Bertz CT molecular complexity index is 328. The van der Waals surface area contributed by atoms with Gasteiger partial charge in [-0.25, -0.2) is 0 Å². The zero-order chi connectivity index (χ0) is 9.97. The molecule has 1 aromatic carbocycles. The largest absolute Gasteiger partial charge is 0.378 e. The number of hydrogen-bond acceptors (Lipinski definition) is 2. The average molecular weight is 277 g/mol. The van der Waals surface area contributed by atoms with Gasteiger partial charge in [-0.1, -0.05) is 27.5 Å². The van der Waals surface area contributed by atoms with Gasteiger partial charge in [-0.2, -0.15) is 0 Å². The highest BCUT2D eigenvalue weighted by Gasteiger charge is 2.17. The third kappa shape index (κ3) is 2.48. The Morgan fingerprint density at radius 3 is 2.93 bits per heavy atom. The van der Waals surface area contributed by atoms with Crippen molar-refractivity contribution in [1.29, 1.82) is 0 Å². The van der Waals surface area contributed by atoms with Crippen LogP contribution in [-0.2, 0) is 11.3 Å². The van der Waals surface area contributed by atoms with E-state index in [0.717, 1.165) is 29.3 Å². The minimum Gasteiger partial charge on any atom is -0.378 e. The van der Waals surface area contributed by atoms with E-state index in [1.54, 1.807) is 0 Å². The number of halogens is 2. The van der Waals surface area contributed by atoms with E-state index in [1.807, 2.05) is 18.2 Å². The molecule has 0 aromatic heterocycles.